The van der Waals surface area contributed by atoms with Crippen LogP contribution in [0.5, 0.6) is 0 Å². The highest BCUT2D eigenvalue weighted by molar-refractivity contribution is 5.75. The summed E-state index contributed by atoms with van der Waals surface area (Å²) in [7, 11) is 1.05. The number of halogens is 1. The zero-order valence-electron chi connectivity index (χ0n) is 10.9. The third-order valence-corrected chi connectivity index (χ3v) is 2.14. The van der Waals surface area contributed by atoms with E-state index in [4.69, 9.17) is 9.47 Å². The van der Waals surface area contributed by atoms with E-state index >= 15 is 0 Å². The minimum Gasteiger partial charge on any atom is -0.467 e. The maximum Gasteiger partial charge on any atom is 0.343 e. The third kappa shape index (κ3) is 4.57. The minimum atomic E-state index is -2.11. The van der Waals surface area contributed by atoms with Crippen LogP contribution in [0.1, 0.15) is 27.7 Å². The quantitative estimate of drug-likeness (QED) is 0.760. The lowest BCUT2D eigenvalue weighted by Gasteiger charge is -2.21. The summed E-state index contributed by atoms with van der Waals surface area (Å²) >= 11 is 0. The van der Waals surface area contributed by atoms with Crippen LogP contribution in [0.25, 0.3) is 0 Å². The average Bonchev–Trinajstić information content (AvgIpc) is 2.69. The molecule has 1 heterocycles. The van der Waals surface area contributed by atoms with Crippen molar-refractivity contribution in [1.82, 2.24) is 0 Å². The second-order valence-electron chi connectivity index (χ2n) is 3.78. The molecule has 0 aromatic heterocycles. The van der Waals surface area contributed by atoms with Gasteiger partial charge in [0.15, 0.2) is 5.79 Å². The van der Waals surface area contributed by atoms with Gasteiger partial charge in [-0.1, -0.05) is 13.8 Å². The van der Waals surface area contributed by atoms with E-state index in [2.05, 4.69) is 4.74 Å². The number of carbonyl (C=O) groups excluding carboxylic acids is 1. The lowest BCUT2D eigenvalue weighted by molar-refractivity contribution is -0.168. The van der Waals surface area contributed by atoms with Crippen LogP contribution >= 0.6 is 0 Å². The Morgan fingerprint density at radius 2 is 2.06 bits per heavy atom. The van der Waals surface area contributed by atoms with Gasteiger partial charge in [-0.25, -0.2) is 9.18 Å². The SMILES string of the molecule is CC.COC(=O)C(F)C(O)C1COC(C)(C)O1. The van der Waals surface area contributed by atoms with E-state index in [9.17, 15) is 14.3 Å². The Kier molecular flexibility index (Phi) is 6.59. The predicted molar refractivity (Wildman–Crippen MR) is 59.2 cm³/mol. The van der Waals surface area contributed by atoms with Gasteiger partial charge in [0.2, 0.25) is 6.17 Å². The molecular weight excluding hydrogens is 231 g/mol. The highest BCUT2D eigenvalue weighted by Gasteiger charge is 2.42. The molecule has 0 aromatic rings. The Morgan fingerprint density at radius 3 is 2.41 bits per heavy atom. The van der Waals surface area contributed by atoms with Gasteiger partial charge in [0, 0.05) is 0 Å². The van der Waals surface area contributed by atoms with Gasteiger partial charge in [0.05, 0.1) is 13.7 Å². The van der Waals surface area contributed by atoms with Gasteiger partial charge >= 0.3 is 5.97 Å². The smallest absolute Gasteiger partial charge is 0.343 e. The van der Waals surface area contributed by atoms with Crippen molar-refractivity contribution in [2.24, 2.45) is 0 Å². The number of ether oxygens (including phenoxy) is 3. The number of hydrogen-bond donors (Lipinski definition) is 1. The normalized spacial score (nSPS) is 25.5. The Balaban J connectivity index is 0.00000121. The molecule has 6 heteroatoms. The lowest BCUT2D eigenvalue weighted by Crippen LogP contribution is -2.42. The van der Waals surface area contributed by atoms with Gasteiger partial charge in [-0.3, -0.25) is 0 Å². The van der Waals surface area contributed by atoms with Crippen molar-refractivity contribution in [3.63, 3.8) is 0 Å². The average molecular weight is 252 g/mol. The molecule has 0 aliphatic carbocycles. The molecule has 1 aliphatic rings. The van der Waals surface area contributed by atoms with Crippen LogP contribution in [0.2, 0.25) is 0 Å². The molecule has 1 aliphatic heterocycles. The highest BCUT2D eigenvalue weighted by atomic mass is 19.1. The van der Waals surface area contributed by atoms with Crippen LogP contribution < -0.4 is 0 Å². The van der Waals surface area contributed by atoms with Gasteiger partial charge in [-0.15, -0.1) is 0 Å². The molecule has 17 heavy (non-hydrogen) atoms. The summed E-state index contributed by atoms with van der Waals surface area (Å²) in [5.74, 6) is -1.97. The zero-order chi connectivity index (χ0) is 13.6. The summed E-state index contributed by atoms with van der Waals surface area (Å²) in [6.07, 6.45) is -4.54. The van der Waals surface area contributed by atoms with Crippen LogP contribution in [0.15, 0.2) is 0 Å². The first-order valence-corrected chi connectivity index (χ1v) is 5.59. The molecule has 3 unspecified atom stereocenters. The number of methoxy groups -OCH3 is 1. The Morgan fingerprint density at radius 1 is 1.53 bits per heavy atom. The Hall–Kier alpha value is -0.720. The molecular formula is C11H21FO5. The van der Waals surface area contributed by atoms with Crippen molar-refractivity contribution < 1.29 is 28.5 Å². The van der Waals surface area contributed by atoms with Crippen LogP contribution in [-0.4, -0.2) is 49.0 Å². The van der Waals surface area contributed by atoms with Crippen LogP contribution in [-0.2, 0) is 19.0 Å². The molecule has 1 rings (SSSR count). The fourth-order valence-corrected chi connectivity index (χ4v) is 1.32. The van der Waals surface area contributed by atoms with Crippen molar-refractivity contribution >= 4 is 5.97 Å². The Bertz CT molecular complexity index is 244. The van der Waals surface area contributed by atoms with Crippen LogP contribution in [0.4, 0.5) is 4.39 Å². The predicted octanol–water partition coefficient (Wildman–Crippen LogP) is 1.04. The molecule has 0 radical (unpaired) electrons. The summed E-state index contributed by atoms with van der Waals surface area (Å²) in [6.45, 7) is 7.34. The molecule has 102 valence electrons. The molecule has 5 nitrogen and oxygen atoms in total. The number of aliphatic hydroxyl groups excluding tert-OH is 1. The lowest BCUT2D eigenvalue weighted by atomic mass is 10.1. The molecule has 0 aromatic carbocycles. The fourth-order valence-electron chi connectivity index (χ4n) is 1.32. The topological polar surface area (TPSA) is 65.0 Å². The first kappa shape index (κ1) is 16.3. The van der Waals surface area contributed by atoms with Crippen LogP contribution in [0.3, 0.4) is 0 Å². The molecule has 0 bridgehead atoms. The van der Waals surface area contributed by atoms with Crippen molar-refractivity contribution in [2.75, 3.05) is 13.7 Å². The summed E-state index contributed by atoms with van der Waals surface area (Å²) in [5, 5.41) is 9.47. The largest absolute Gasteiger partial charge is 0.467 e. The van der Waals surface area contributed by atoms with Crippen molar-refractivity contribution in [2.45, 2.75) is 51.9 Å². The molecule has 0 saturated carbocycles. The van der Waals surface area contributed by atoms with E-state index in [1.165, 1.54) is 0 Å². The first-order valence-electron chi connectivity index (χ1n) is 5.59. The van der Waals surface area contributed by atoms with Crippen LogP contribution in [0, 0.1) is 0 Å². The first-order chi connectivity index (χ1) is 7.87. The maximum absolute atomic E-state index is 13.2. The highest BCUT2D eigenvalue weighted by Crippen LogP contribution is 2.25. The van der Waals surface area contributed by atoms with E-state index in [1.807, 2.05) is 13.8 Å². The van der Waals surface area contributed by atoms with Crippen molar-refractivity contribution in [1.29, 1.82) is 0 Å². The number of hydrogen-bond acceptors (Lipinski definition) is 5. The standard InChI is InChI=1S/C9H15FO5.C2H6/c1-9(2)14-4-5(15-9)7(11)6(10)8(12)13-3;1-2/h5-7,11H,4H2,1-3H3;1-2H3. The zero-order valence-corrected chi connectivity index (χ0v) is 10.9. The third-order valence-electron chi connectivity index (χ3n) is 2.14. The summed E-state index contributed by atoms with van der Waals surface area (Å²) < 4.78 is 27.8. The molecule has 1 N–H and O–H groups in total. The summed E-state index contributed by atoms with van der Waals surface area (Å²) in [5.41, 5.74) is 0. The van der Waals surface area contributed by atoms with E-state index < -0.39 is 30.1 Å². The number of esters is 1. The van der Waals surface area contributed by atoms with Gasteiger partial charge < -0.3 is 19.3 Å². The summed E-state index contributed by atoms with van der Waals surface area (Å²) in [6, 6.07) is 0. The maximum atomic E-state index is 13.2. The molecule has 0 spiro atoms. The monoisotopic (exact) mass is 252 g/mol. The van der Waals surface area contributed by atoms with E-state index in [0.717, 1.165) is 7.11 Å². The number of rotatable bonds is 3. The molecule has 3 atom stereocenters. The Labute approximate surface area is 101 Å². The molecule has 0 amide bonds. The van der Waals surface area contributed by atoms with E-state index in [0.29, 0.717) is 0 Å². The van der Waals surface area contributed by atoms with E-state index in [1.54, 1.807) is 13.8 Å². The number of alkyl halides is 1. The van der Waals surface area contributed by atoms with Gasteiger partial charge in [0.25, 0.3) is 0 Å². The van der Waals surface area contributed by atoms with Gasteiger partial charge in [-0.05, 0) is 13.8 Å². The second-order valence-corrected chi connectivity index (χ2v) is 3.78. The van der Waals surface area contributed by atoms with Crippen molar-refractivity contribution in [3.05, 3.63) is 0 Å². The second kappa shape index (κ2) is 6.88. The fraction of sp³-hybridized carbons (Fsp3) is 0.909. The van der Waals surface area contributed by atoms with Gasteiger partial charge in [-0.2, -0.15) is 0 Å². The molecule has 1 saturated heterocycles. The van der Waals surface area contributed by atoms with Gasteiger partial charge in [0.1, 0.15) is 12.2 Å². The number of carbonyl (C=O) groups is 1. The van der Waals surface area contributed by atoms with Crippen molar-refractivity contribution in [3.8, 4) is 0 Å². The minimum absolute atomic E-state index is 0.0472. The summed E-state index contributed by atoms with van der Waals surface area (Å²) in [4.78, 5) is 10.8. The molecule has 1 fully saturated rings. The number of aliphatic hydroxyl groups is 1. The van der Waals surface area contributed by atoms with E-state index in [-0.39, 0.29) is 6.61 Å².